The second-order valence-corrected chi connectivity index (χ2v) is 7.69. The Kier molecular flexibility index (Phi) is 5.48. The van der Waals surface area contributed by atoms with Gasteiger partial charge in [0.2, 0.25) is 0 Å². The zero-order chi connectivity index (χ0) is 20.5. The first-order valence-electron chi connectivity index (χ1n) is 9.09. The van der Waals surface area contributed by atoms with Gasteiger partial charge in [0.25, 0.3) is 11.8 Å². The molecule has 4 rings (SSSR count). The molecule has 2 amide bonds. The van der Waals surface area contributed by atoms with Gasteiger partial charge in [-0.1, -0.05) is 23.2 Å². The molecule has 0 N–H and O–H groups in total. The van der Waals surface area contributed by atoms with Crippen LogP contribution < -0.4 is 4.74 Å². The highest BCUT2D eigenvalue weighted by Crippen LogP contribution is 2.29. The lowest BCUT2D eigenvalue weighted by molar-refractivity contribution is -0.128. The van der Waals surface area contributed by atoms with Crippen LogP contribution >= 0.6 is 23.2 Å². The van der Waals surface area contributed by atoms with Crippen LogP contribution in [0.2, 0.25) is 10.0 Å². The summed E-state index contributed by atoms with van der Waals surface area (Å²) in [5.41, 5.74) is 1.57. The lowest BCUT2D eigenvalue weighted by atomic mass is 10.1. The lowest BCUT2D eigenvalue weighted by Crippen LogP contribution is -2.51. The van der Waals surface area contributed by atoms with Gasteiger partial charge in [0.05, 0.1) is 16.2 Å². The van der Waals surface area contributed by atoms with Gasteiger partial charge >= 0.3 is 0 Å². The van der Waals surface area contributed by atoms with Gasteiger partial charge in [-0.25, -0.2) is 4.39 Å². The Hall–Kier alpha value is -2.57. The third-order valence-electron chi connectivity index (χ3n) is 4.98. The van der Waals surface area contributed by atoms with E-state index in [1.807, 2.05) is 0 Å². The molecule has 0 saturated carbocycles. The number of benzene rings is 2. The van der Waals surface area contributed by atoms with E-state index in [1.54, 1.807) is 34.1 Å². The van der Waals surface area contributed by atoms with Gasteiger partial charge in [0.1, 0.15) is 18.2 Å². The summed E-state index contributed by atoms with van der Waals surface area (Å²) in [4.78, 5) is 28.8. The number of hydrogen-bond acceptors (Lipinski definition) is 3. The van der Waals surface area contributed by atoms with E-state index in [0.717, 1.165) is 11.6 Å². The number of nitrogens with zero attached hydrogens (tertiary/aromatic N) is 2. The van der Waals surface area contributed by atoms with E-state index in [2.05, 4.69) is 0 Å². The SMILES string of the molecule is O=C(C1=Cc2cc(Cl)ccc2OC1)N1CCN(C(=O)c2ccc(F)cc2Cl)CC1. The molecule has 0 aromatic heterocycles. The summed E-state index contributed by atoms with van der Waals surface area (Å²) in [6.07, 6.45) is 1.79. The number of halogens is 3. The van der Waals surface area contributed by atoms with Gasteiger partial charge in [-0.05, 0) is 42.5 Å². The Labute approximate surface area is 177 Å². The minimum absolute atomic E-state index is 0.0790. The van der Waals surface area contributed by atoms with Gasteiger partial charge in [-0.3, -0.25) is 9.59 Å². The second-order valence-electron chi connectivity index (χ2n) is 6.85. The van der Waals surface area contributed by atoms with E-state index in [4.69, 9.17) is 27.9 Å². The summed E-state index contributed by atoms with van der Waals surface area (Å²) >= 11 is 12.0. The van der Waals surface area contributed by atoms with Crippen molar-refractivity contribution >= 4 is 41.1 Å². The predicted octanol–water partition coefficient (Wildman–Crippen LogP) is 3.89. The smallest absolute Gasteiger partial charge is 0.255 e. The standard InChI is InChI=1S/C21H17Cl2FN2O3/c22-15-1-4-19-13(10-15)9-14(12-29-19)20(27)25-5-7-26(8-6-25)21(28)17-3-2-16(24)11-18(17)23/h1-4,9-11H,5-8,12H2. The Bertz CT molecular complexity index is 1020. The molecule has 2 aromatic rings. The first-order valence-corrected chi connectivity index (χ1v) is 9.84. The summed E-state index contributed by atoms with van der Waals surface area (Å²) in [6.45, 7) is 1.72. The van der Waals surface area contributed by atoms with Crippen LogP contribution in [0.15, 0.2) is 42.0 Å². The number of carbonyl (C=O) groups is 2. The largest absolute Gasteiger partial charge is 0.488 e. The average molecular weight is 435 g/mol. The van der Waals surface area contributed by atoms with Crippen molar-refractivity contribution in [2.75, 3.05) is 32.8 Å². The van der Waals surface area contributed by atoms with Crippen molar-refractivity contribution in [3.8, 4) is 5.75 Å². The summed E-state index contributed by atoms with van der Waals surface area (Å²) in [5.74, 6) is -0.196. The molecule has 29 heavy (non-hydrogen) atoms. The molecule has 0 radical (unpaired) electrons. The molecule has 1 fully saturated rings. The lowest BCUT2D eigenvalue weighted by Gasteiger charge is -2.35. The van der Waals surface area contributed by atoms with Gasteiger partial charge in [-0.15, -0.1) is 0 Å². The molecule has 0 atom stereocenters. The third-order valence-corrected chi connectivity index (χ3v) is 5.52. The molecular formula is C21H17Cl2FN2O3. The quantitative estimate of drug-likeness (QED) is 0.720. The molecule has 2 aliphatic rings. The molecule has 1 saturated heterocycles. The minimum Gasteiger partial charge on any atom is -0.488 e. The maximum absolute atomic E-state index is 13.2. The molecule has 150 valence electrons. The molecule has 0 bridgehead atoms. The zero-order valence-corrected chi connectivity index (χ0v) is 16.8. The van der Waals surface area contributed by atoms with Gasteiger partial charge < -0.3 is 14.5 Å². The van der Waals surface area contributed by atoms with Crippen LogP contribution in [0, 0.1) is 5.82 Å². The Morgan fingerprint density at radius 2 is 1.62 bits per heavy atom. The average Bonchev–Trinajstić information content (AvgIpc) is 2.72. The van der Waals surface area contributed by atoms with E-state index >= 15 is 0 Å². The summed E-state index contributed by atoms with van der Waals surface area (Å²) in [7, 11) is 0. The molecule has 5 nitrogen and oxygen atoms in total. The number of hydrogen-bond donors (Lipinski definition) is 0. The van der Waals surface area contributed by atoms with Crippen LogP contribution in [0.1, 0.15) is 15.9 Å². The van der Waals surface area contributed by atoms with Crippen LogP contribution in [0.25, 0.3) is 6.08 Å². The van der Waals surface area contributed by atoms with Crippen LogP contribution in [0.3, 0.4) is 0 Å². The van der Waals surface area contributed by atoms with E-state index in [-0.39, 0.29) is 29.0 Å². The van der Waals surface area contributed by atoms with Gasteiger partial charge in [0.15, 0.2) is 0 Å². The molecule has 2 aliphatic heterocycles. The number of rotatable bonds is 2. The van der Waals surface area contributed by atoms with Crippen molar-refractivity contribution in [2.45, 2.75) is 0 Å². The first-order chi connectivity index (χ1) is 13.9. The topological polar surface area (TPSA) is 49.9 Å². The van der Waals surface area contributed by atoms with Crippen molar-refractivity contribution in [1.29, 1.82) is 0 Å². The van der Waals surface area contributed by atoms with Crippen molar-refractivity contribution in [3.05, 3.63) is 69.0 Å². The number of ether oxygens (including phenoxy) is 1. The fraction of sp³-hybridized carbons (Fsp3) is 0.238. The molecule has 0 unspecified atom stereocenters. The summed E-state index contributed by atoms with van der Waals surface area (Å²) < 4.78 is 18.9. The van der Waals surface area contributed by atoms with E-state index in [1.165, 1.54) is 12.1 Å². The van der Waals surface area contributed by atoms with E-state index < -0.39 is 5.82 Å². The Morgan fingerprint density at radius 1 is 0.931 bits per heavy atom. The van der Waals surface area contributed by atoms with Crippen LogP contribution in [0.4, 0.5) is 4.39 Å². The second kappa shape index (κ2) is 8.05. The first kappa shape index (κ1) is 19.7. The monoisotopic (exact) mass is 434 g/mol. The van der Waals surface area contributed by atoms with E-state index in [0.29, 0.717) is 42.5 Å². The van der Waals surface area contributed by atoms with Crippen molar-refractivity contribution < 1.29 is 18.7 Å². The maximum atomic E-state index is 13.2. The van der Waals surface area contributed by atoms with E-state index in [9.17, 15) is 14.0 Å². The van der Waals surface area contributed by atoms with Crippen LogP contribution in [-0.2, 0) is 4.79 Å². The maximum Gasteiger partial charge on any atom is 0.255 e. The molecular weight excluding hydrogens is 418 g/mol. The molecule has 2 aromatic carbocycles. The van der Waals surface area contributed by atoms with Gasteiger partial charge in [0, 0.05) is 36.8 Å². The molecule has 0 aliphatic carbocycles. The summed E-state index contributed by atoms with van der Waals surface area (Å²) in [5, 5.41) is 0.652. The van der Waals surface area contributed by atoms with Crippen LogP contribution in [-0.4, -0.2) is 54.4 Å². The number of carbonyl (C=O) groups excluding carboxylic acids is 2. The van der Waals surface area contributed by atoms with Crippen molar-refractivity contribution in [2.24, 2.45) is 0 Å². The fourth-order valence-electron chi connectivity index (χ4n) is 3.42. The van der Waals surface area contributed by atoms with Crippen molar-refractivity contribution in [1.82, 2.24) is 9.80 Å². The highest BCUT2D eigenvalue weighted by atomic mass is 35.5. The summed E-state index contributed by atoms with van der Waals surface area (Å²) in [6, 6.07) is 8.98. The molecule has 2 heterocycles. The predicted molar refractivity (Wildman–Crippen MR) is 109 cm³/mol. The zero-order valence-electron chi connectivity index (χ0n) is 15.3. The Morgan fingerprint density at radius 3 is 2.31 bits per heavy atom. The van der Waals surface area contributed by atoms with Crippen molar-refractivity contribution in [3.63, 3.8) is 0 Å². The van der Waals surface area contributed by atoms with Gasteiger partial charge in [-0.2, -0.15) is 0 Å². The highest BCUT2D eigenvalue weighted by Gasteiger charge is 2.28. The fourth-order valence-corrected chi connectivity index (χ4v) is 3.85. The minimum atomic E-state index is -0.493. The molecule has 8 heteroatoms. The van der Waals surface area contributed by atoms with Crippen LogP contribution in [0.5, 0.6) is 5.75 Å². The molecule has 0 spiro atoms. The number of amides is 2. The number of piperazine rings is 1. The highest BCUT2D eigenvalue weighted by molar-refractivity contribution is 6.33. The Balaban J connectivity index is 1.42. The number of fused-ring (bicyclic) bond motifs is 1. The third kappa shape index (κ3) is 4.09. The normalized spacial score (nSPS) is 16.0.